The van der Waals surface area contributed by atoms with Gasteiger partial charge < -0.3 is 10.3 Å². The number of sulfonamides is 1. The normalized spacial score (nSPS) is 15.4. The molecule has 0 amide bonds. The average Bonchev–Trinajstić information content (AvgIpc) is 2.81. The quantitative estimate of drug-likeness (QED) is 0.810. The molecule has 0 radical (unpaired) electrons. The maximum Gasteiger partial charge on any atom is 0.229 e. The predicted molar refractivity (Wildman–Crippen MR) is 89.5 cm³/mol. The molecule has 0 fully saturated rings. The van der Waals surface area contributed by atoms with Crippen molar-refractivity contribution in [1.82, 2.24) is 10.3 Å². The number of anilines is 1. The summed E-state index contributed by atoms with van der Waals surface area (Å²) in [5.41, 5.74) is 4.05. The van der Waals surface area contributed by atoms with Gasteiger partial charge in [-0.15, -0.1) is 12.4 Å². The lowest BCUT2D eigenvalue weighted by Crippen LogP contribution is -2.19. The molecule has 3 N–H and O–H groups in total. The molecule has 0 aliphatic carbocycles. The van der Waals surface area contributed by atoms with E-state index in [1.165, 1.54) is 5.57 Å². The molecule has 1 aliphatic heterocycles. The summed E-state index contributed by atoms with van der Waals surface area (Å²) < 4.78 is 25.2. The zero-order chi connectivity index (χ0) is 14.2. The van der Waals surface area contributed by atoms with Crippen molar-refractivity contribution in [1.29, 1.82) is 0 Å². The van der Waals surface area contributed by atoms with Crippen molar-refractivity contribution in [3.8, 4) is 0 Å². The molecular weight excluding hydrogens is 310 g/mol. The molecular formula is C14H18ClN3O2S. The van der Waals surface area contributed by atoms with Crippen LogP contribution in [-0.4, -0.2) is 32.7 Å². The smallest absolute Gasteiger partial charge is 0.229 e. The van der Waals surface area contributed by atoms with Crippen molar-refractivity contribution in [3.63, 3.8) is 0 Å². The van der Waals surface area contributed by atoms with E-state index in [4.69, 9.17) is 0 Å². The Bertz CT molecular complexity index is 781. The Hall–Kier alpha value is -1.50. The van der Waals surface area contributed by atoms with Crippen LogP contribution in [-0.2, 0) is 10.0 Å². The lowest BCUT2D eigenvalue weighted by atomic mass is 9.99. The summed E-state index contributed by atoms with van der Waals surface area (Å²) in [6.07, 6.45) is 6.32. The topological polar surface area (TPSA) is 74.0 Å². The number of benzene rings is 1. The summed E-state index contributed by atoms with van der Waals surface area (Å²) in [6.45, 7) is 1.85. The number of aromatic amines is 1. The number of hydrogen-bond donors (Lipinski definition) is 3. The van der Waals surface area contributed by atoms with Crippen LogP contribution in [0.4, 0.5) is 5.69 Å². The molecule has 1 aliphatic rings. The zero-order valence-corrected chi connectivity index (χ0v) is 13.3. The first-order valence-electron chi connectivity index (χ1n) is 6.52. The molecule has 1 aromatic carbocycles. The number of aromatic nitrogens is 1. The molecule has 5 nitrogen and oxygen atoms in total. The van der Waals surface area contributed by atoms with Crippen molar-refractivity contribution >= 4 is 44.6 Å². The molecule has 21 heavy (non-hydrogen) atoms. The second kappa shape index (κ2) is 6.09. The molecule has 2 aromatic rings. The molecule has 3 rings (SSSR count). The van der Waals surface area contributed by atoms with Crippen molar-refractivity contribution < 1.29 is 8.42 Å². The number of nitrogens with one attached hydrogen (secondary N) is 3. The Morgan fingerprint density at radius 3 is 2.76 bits per heavy atom. The highest BCUT2D eigenvalue weighted by Gasteiger charge is 2.12. The first-order chi connectivity index (χ1) is 9.53. The van der Waals surface area contributed by atoms with Gasteiger partial charge in [0.05, 0.1) is 6.26 Å². The fraction of sp³-hybridized carbons (Fsp3) is 0.286. The molecule has 0 saturated heterocycles. The Morgan fingerprint density at radius 2 is 2.10 bits per heavy atom. The Morgan fingerprint density at radius 1 is 1.29 bits per heavy atom. The summed E-state index contributed by atoms with van der Waals surface area (Å²) in [6, 6.07) is 5.54. The number of halogens is 1. The van der Waals surface area contributed by atoms with E-state index < -0.39 is 10.0 Å². The average molecular weight is 328 g/mol. The van der Waals surface area contributed by atoms with Gasteiger partial charge in [-0.2, -0.15) is 0 Å². The van der Waals surface area contributed by atoms with E-state index >= 15 is 0 Å². The van der Waals surface area contributed by atoms with Gasteiger partial charge in [-0.25, -0.2) is 8.42 Å². The Labute approximate surface area is 130 Å². The molecule has 0 saturated carbocycles. The van der Waals surface area contributed by atoms with E-state index in [9.17, 15) is 8.42 Å². The van der Waals surface area contributed by atoms with Crippen LogP contribution in [0.3, 0.4) is 0 Å². The largest absolute Gasteiger partial charge is 0.361 e. The molecule has 114 valence electrons. The molecule has 1 aromatic heterocycles. The molecule has 0 unspecified atom stereocenters. The van der Waals surface area contributed by atoms with Crippen LogP contribution in [0.25, 0.3) is 16.5 Å². The molecule has 0 spiro atoms. The minimum atomic E-state index is -3.25. The van der Waals surface area contributed by atoms with Gasteiger partial charge in [0.15, 0.2) is 0 Å². The van der Waals surface area contributed by atoms with Crippen molar-refractivity contribution in [3.05, 3.63) is 36.0 Å². The fourth-order valence-corrected chi connectivity index (χ4v) is 3.09. The third-order valence-corrected chi connectivity index (χ3v) is 4.00. The highest BCUT2D eigenvalue weighted by molar-refractivity contribution is 7.92. The maximum atomic E-state index is 11.3. The van der Waals surface area contributed by atoms with E-state index in [-0.39, 0.29) is 12.4 Å². The van der Waals surface area contributed by atoms with Crippen LogP contribution in [0.1, 0.15) is 12.0 Å². The van der Waals surface area contributed by atoms with Crippen LogP contribution in [0.5, 0.6) is 0 Å². The summed E-state index contributed by atoms with van der Waals surface area (Å²) in [7, 11) is -3.25. The molecule has 0 bridgehead atoms. The Kier molecular flexibility index (Phi) is 4.61. The minimum absolute atomic E-state index is 0. The van der Waals surface area contributed by atoms with Gasteiger partial charge in [-0.1, -0.05) is 6.08 Å². The van der Waals surface area contributed by atoms with Crippen LogP contribution in [0, 0.1) is 0 Å². The fourth-order valence-electron chi connectivity index (χ4n) is 2.53. The second-order valence-electron chi connectivity index (χ2n) is 5.02. The number of rotatable bonds is 3. The van der Waals surface area contributed by atoms with Gasteiger partial charge >= 0.3 is 0 Å². The molecule has 7 heteroatoms. The summed E-state index contributed by atoms with van der Waals surface area (Å²) in [5, 5.41) is 4.34. The van der Waals surface area contributed by atoms with Gasteiger partial charge in [-0.3, -0.25) is 4.72 Å². The second-order valence-corrected chi connectivity index (χ2v) is 6.77. The van der Waals surface area contributed by atoms with Gasteiger partial charge in [0, 0.05) is 34.9 Å². The van der Waals surface area contributed by atoms with Crippen molar-refractivity contribution in [2.24, 2.45) is 0 Å². The monoisotopic (exact) mass is 327 g/mol. The van der Waals surface area contributed by atoms with E-state index in [1.54, 1.807) is 6.07 Å². The minimum Gasteiger partial charge on any atom is -0.361 e. The summed E-state index contributed by atoms with van der Waals surface area (Å²) in [5.74, 6) is 0. The van der Waals surface area contributed by atoms with Crippen molar-refractivity contribution in [2.75, 3.05) is 24.1 Å². The lowest BCUT2D eigenvalue weighted by Gasteiger charge is -2.13. The lowest BCUT2D eigenvalue weighted by molar-refractivity contribution is 0.607. The Balaban J connectivity index is 0.00000161. The van der Waals surface area contributed by atoms with Gasteiger partial charge in [0.1, 0.15) is 0 Å². The third-order valence-electron chi connectivity index (χ3n) is 3.39. The molecule has 2 heterocycles. The van der Waals surface area contributed by atoms with Crippen molar-refractivity contribution in [2.45, 2.75) is 6.42 Å². The summed E-state index contributed by atoms with van der Waals surface area (Å²) in [4.78, 5) is 3.24. The highest BCUT2D eigenvalue weighted by Crippen LogP contribution is 2.30. The van der Waals surface area contributed by atoms with Gasteiger partial charge in [0.25, 0.3) is 0 Å². The van der Waals surface area contributed by atoms with Crippen LogP contribution >= 0.6 is 12.4 Å². The van der Waals surface area contributed by atoms with E-state index in [2.05, 4.69) is 21.1 Å². The first-order valence-corrected chi connectivity index (χ1v) is 8.41. The van der Waals surface area contributed by atoms with Crippen LogP contribution in [0.15, 0.2) is 30.5 Å². The maximum absolute atomic E-state index is 11.3. The van der Waals surface area contributed by atoms with E-state index in [1.807, 2.05) is 18.3 Å². The third kappa shape index (κ3) is 3.58. The highest BCUT2D eigenvalue weighted by atomic mass is 35.5. The number of fused-ring (bicyclic) bond motifs is 1. The van der Waals surface area contributed by atoms with Gasteiger partial charge in [0.2, 0.25) is 10.0 Å². The first kappa shape index (κ1) is 15.9. The number of H-pyrrole nitrogens is 1. The predicted octanol–water partition coefficient (Wildman–Crippen LogP) is 2.34. The number of hydrogen-bond acceptors (Lipinski definition) is 3. The van der Waals surface area contributed by atoms with E-state index in [0.717, 1.165) is 42.2 Å². The van der Waals surface area contributed by atoms with Crippen LogP contribution < -0.4 is 10.0 Å². The van der Waals surface area contributed by atoms with E-state index in [0.29, 0.717) is 5.69 Å². The van der Waals surface area contributed by atoms with Gasteiger partial charge in [-0.05, 0) is 36.7 Å². The van der Waals surface area contributed by atoms with Crippen LogP contribution in [0.2, 0.25) is 0 Å². The molecule has 0 atom stereocenters. The zero-order valence-electron chi connectivity index (χ0n) is 11.6. The summed E-state index contributed by atoms with van der Waals surface area (Å²) >= 11 is 0. The standard InChI is InChI=1S/C14H17N3O2S.ClH/c1-20(18,19)17-11-2-3-14-12(8-11)13(9-16-14)10-4-6-15-7-5-10;/h2-4,8-9,15-17H,5-7H2,1H3;1H. The SMILES string of the molecule is CS(=O)(=O)Nc1ccc2[nH]cc(C3=CCNCC3)c2c1.Cl.